The monoisotopic (exact) mass is 313 g/mol. The van der Waals surface area contributed by atoms with Crippen molar-refractivity contribution in [3.63, 3.8) is 0 Å². The fourth-order valence-electron chi connectivity index (χ4n) is 3.02. The lowest BCUT2D eigenvalue weighted by molar-refractivity contribution is -0.140. The van der Waals surface area contributed by atoms with Crippen LogP contribution >= 0.6 is 0 Å². The molecule has 1 amide bonds. The molecule has 23 heavy (non-hydrogen) atoms. The maximum atomic E-state index is 12.6. The highest BCUT2D eigenvalue weighted by atomic mass is 16.2. The van der Waals surface area contributed by atoms with Gasteiger partial charge in [0, 0.05) is 25.2 Å². The predicted molar refractivity (Wildman–Crippen MR) is 87.4 cm³/mol. The molecule has 122 valence electrons. The zero-order chi connectivity index (χ0) is 16.6. The Morgan fingerprint density at radius 2 is 2.04 bits per heavy atom. The first kappa shape index (κ1) is 15.6. The van der Waals surface area contributed by atoms with Crippen molar-refractivity contribution in [3.8, 4) is 11.4 Å². The Labute approximate surface area is 136 Å². The molecule has 3 heterocycles. The zero-order valence-corrected chi connectivity index (χ0v) is 14.2. The predicted octanol–water partition coefficient (Wildman–Crippen LogP) is 2.59. The fourth-order valence-corrected chi connectivity index (χ4v) is 3.02. The molecular weight excluding hydrogens is 290 g/mol. The molecule has 0 bridgehead atoms. The number of hydrogen-bond donors (Lipinski definition) is 0. The Bertz CT molecular complexity index is 699. The molecule has 1 unspecified atom stereocenters. The zero-order valence-electron chi connectivity index (χ0n) is 14.2. The molecule has 0 N–H and O–H groups in total. The van der Waals surface area contributed by atoms with Crippen LogP contribution in [0.15, 0.2) is 24.7 Å². The van der Waals surface area contributed by atoms with Crippen molar-refractivity contribution in [1.82, 2.24) is 24.6 Å². The van der Waals surface area contributed by atoms with E-state index in [2.05, 4.69) is 15.1 Å². The van der Waals surface area contributed by atoms with Gasteiger partial charge in [-0.2, -0.15) is 5.10 Å². The van der Waals surface area contributed by atoms with Crippen molar-refractivity contribution in [3.05, 3.63) is 30.4 Å². The van der Waals surface area contributed by atoms with Crippen molar-refractivity contribution < 1.29 is 4.79 Å². The number of likely N-dealkylation sites (tertiary alicyclic amines) is 1. The molecule has 6 heteroatoms. The standard InChI is InChI=1S/C17H23N5O/c1-17(2,3)16(23)22-9-5-6-15(22)13-11-18-12(10-19-13)14-7-8-20-21(14)4/h7-8,10-11,15H,5-6,9H2,1-4H3. The first-order valence-electron chi connectivity index (χ1n) is 7.99. The van der Waals surface area contributed by atoms with Gasteiger partial charge < -0.3 is 4.90 Å². The van der Waals surface area contributed by atoms with E-state index < -0.39 is 0 Å². The van der Waals surface area contributed by atoms with Crippen LogP contribution in [-0.2, 0) is 11.8 Å². The molecule has 3 rings (SSSR count). The first-order valence-corrected chi connectivity index (χ1v) is 7.99. The van der Waals surface area contributed by atoms with Crippen LogP contribution in [0.3, 0.4) is 0 Å². The molecule has 1 atom stereocenters. The Kier molecular flexibility index (Phi) is 3.92. The third-order valence-electron chi connectivity index (χ3n) is 4.25. The van der Waals surface area contributed by atoms with Gasteiger partial charge in [0.05, 0.1) is 29.8 Å². The van der Waals surface area contributed by atoms with E-state index in [-0.39, 0.29) is 17.4 Å². The minimum atomic E-state index is -0.370. The molecule has 1 aliphatic rings. The lowest BCUT2D eigenvalue weighted by atomic mass is 9.94. The average Bonchev–Trinajstić information content (AvgIpc) is 3.14. The summed E-state index contributed by atoms with van der Waals surface area (Å²) in [7, 11) is 1.88. The number of amides is 1. The lowest BCUT2D eigenvalue weighted by Crippen LogP contribution is -2.39. The summed E-state index contributed by atoms with van der Waals surface area (Å²) in [5.74, 6) is 0.178. The van der Waals surface area contributed by atoms with Gasteiger partial charge in [-0.15, -0.1) is 0 Å². The van der Waals surface area contributed by atoms with E-state index in [1.807, 2.05) is 38.8 Å². The van der Waals surface area contributed by atoms with Crippen LogP contribution in [0, 0.1) is 5.41 Å². The number of nitrogens with zero attached hydrogens (tertiary/aromatic N) is 5. The Hall–Kier alpha value is -2.24. The largest absolute Gasteiger partial charge is 0.334 e. The molecule has 0 aliphatic carbocycles. The second-order valence-electron chi connectivity index (χ2n) is 7.07. The SMILES string of the molecule is Cn1nccc1-c1cnc(C2CCCN2C(=O)C(C)(C)C)cn1. The van der Waals surface area contributed by atoms with Gasteiger partial charge in [-0.25, -0.2) is 0 Å². The smallest absolute Gasteiger partial charge is 0.228 e. The maximum absolute atomic E-state index is 12.6. The summed E-state index contributed by atoms with van der Waals surface area (Å²) in [6.07, 6.45) is 7.26. The Balaban J connectivity index is 1.84. The number of carbonyl (C=O) groups is 1. The van der Waals surface area contributed by atoms with Gasteiger partial charge in [-0.1, -0.05) is 20.8 Å². The van der Waals surface area contributed by atoms with E-state index in [0.717, 1.165) is 36.5 Å². The van der Waals surface area contributed by atoms with Gasteiger partial charge in [-0.3, -0.25) is 19.4 Å². The number of aromatic nitrogens is 4. The van der Waals surface area contributed by atoms with E-state index >= 15 is 0 Å². The fraction of sp³-hybridized carbons (Fsp3) is 0.529. The van der Waals surface area contributed by atoms with Crippen molar-refractivity contribution in [2.45, 2.75) is 39.7 Å². The van der Waals surface area contributed by atoms with Crippen molar-refractivity contribution >= 4 is 5.91 Å². The molecule has 0 radical (unpaired) electrons. The highest BCUT2D eigenvalue weighted by Gasteiger charge is 2.36. The van der Waals surface area contributed by atoms with Crippen molar-refractivity contribution in [2.75, 3.05) is 6.54 Å². The van der Waals surface area contributed by atoms with Gasteiger partial charge in [-0.05, 0) is 18.9 Å². The van der Waals surface area contributed by atoms with Crippen LogP contribution in [0.25, 0.3) is 11.4 Å². The number of aryl methyl sites for hydroxylation is 1. The molecule has 1 fully saturated rings. The summed E-state index contributed by atoms with van der Waals surface area (Å²) >= 11 is 0. The maximum Gasteiger partial charge on any atom is 0.228 e. The van der Waals surface area contributed by atoms with E-state index in [1.165, 1.54) is 0 Å². The van der Waals surface area contributed by atoms with Crippen molar-refractivity contribution in [1.29, 1.82) is 0 Å². The Morgan fingerprint density at radius 3 is 2.61 bits per heavy atom. The number of hydrogen-bond acceptors (Lipinski definition) is 4. The average molecular weight is 313 g/mol. The summed E-state index contributed by atoms with van der Waals surface area (Å²) in [4.78, 5) is 23.7. The van der Waals surface area contributed by atoms with E-state index in [0.29, 0.717) is 0 Å². The molecule has 1 saturated heterocycles. The second kappa shape index (κ2) is 5.76. The van der Waals surface area contributed by atoms with Crippen LogP contribution in [0.5, 0.6) is 0 Å². The minimum absolute atomic E-state index is 0.0369. The van der Waals surface area contributed by atoms with E-state index in [9.17, 15) is 4.79 Å². The van der Waals surface area contributed by atoms with E-state index in [4.69, 9.17) is 0 Å². The van der Waals surface area contributed by atoms with Gasteiger partial charge in [0.1, 0.15) is 5.69 Å². The second-order valence-corrected chi connectivity index (χ2v) is 7.07. The molecule has 6 nitrogen and oxygen atoms in total. The Morgan fingerprint density at radius 1 is 1.26 bits per heavy atom. The third-order valence-corrected chi connectivity index (χ3v) is 4.25. The lowest BCUT2D eigenvalue weighted by Gasteiger charge is -2.30. The van der Waals surface area contributed by atoms with Crippen LogP contribution in [0.1, 0.15) is 45.3 Å². The molecular formula is C17H23N5O. The summed E-state index contributed by atoms with van der Waals surface area (Å²) in [5, 5.41) is 4.15. The van der Waals surface area contributed by atoms with Crippen LogP contribution in [-0.4, -0.2) is 37.1 Å². The molecule has 0 spiro atoms. The molecule has 0 aromatic carbocycles. The highest BCUT2D eigenvalue weighted by molar-refractivity contribution is 5.82. The summed E-state index contributed by atoms with van der Waals surface area (Å²) < 4.78 is 1.77. The van der Waals surface area contributed by atoms with Gasteiger partial charge >= 0.3 is 0 Å². The van der Waals surface area contributed by atoms with Crippen LogP contribution < -0.4 is 0 Å². The first-order chi connectivity index (χ1) is 10.9. The van der Waals surface area contributed by atoms with Crippen LogP contribution in [0.2, 0.25) is 0 Å². The van der Waals surface area contributed by atoms with Gasteiger partial charge in [0.25, 0.3) is 0 Å². The normalized spacial score (nSPS) is 18.4. The minimum Gasteiger partial charge on any atom is -0.334 e. The summed E-state index contributed by atoms with van der Waals surface area (Å²) in [6.45, 7) is 6.68. The van der Waals surface area contributed by atoms with E-state index in [1.54, 1.807) is 23.3 Å². The number of carbonyl (C=O) groups excluding carboxylic acids is 1. The number of rotatable bonds is 2. The van der Waals surface area contributed by atoms with Gasteiger partial charge in [0.15, 0.2) is 0 Å². The van der Waals surface area contributed by atoms with Gasteiger partial charge in [0.2, 0.25) is 5.91 Å². The van der Waals surface area contributed by atoms with Crippen molar-refractivity contribution in [2.24, 2.45) is 12.5 Å². The molecule has 2 aromatic heterocycles. The topological polar surface area (TPSA) is 63.9 Å². The summed E-state index contributed by atoms with van der Waals surface area (Å²) in [5.41, 5.74) is 2.22. The highest BCUT2D eigenvalue weighted by Crippen LogP contribution is 2.34. The molecule has 0 saturated carbocycles. The summed E-state index contributed by atoms with van der Waals surface area (Å²) in [6, 6.07) is 1.95. The van der Waals surface area contributed by atoms with Crippen LogP contribution in [0.4, 0.5) is 0 Å². The third kappa shape index (κ3) is 2.98. The quantitative estimate of drug-likeness (QED) is 0.855. The molecule has 2 aromatic rings. The molecule has 1 aliphatic heterocycles.